The van der Waals surface area contributed by atoms with E-state index in [0.29, 0.717) is 29.4 Å². The summed E-state index contributed by atoms with van der Waals surface area (Å²) in [5.41, 5.74) is 3.75. The van der Waals surface area contributed by atoms with E-state index >= 15 is 0 Å². The summed E-state index contributed by atoms with van der Waals surface area (Å²) >= 11 is 0. The van der Waals surface area contributed by atoms with Crippen molar-refractivity contribution in [1.82, 2.24) is 34.5 Å². The molecule has 9 nitrogen and oxygen atoms in total. The topological polar surface area (TPSA) is 97.5 Å². The maximum Gasteiger partial charge on any atom is 0.278 e. The fourth-order valence-electron chi connectivity index (χ4n) is 5.09. The minimum absolute atomic E-state index is 0.152. The number of rotatable bonds is 6. The number of benzene rings is 1. The third-order valence-corrected chi connectivity index (χ3v) is 6.86. The maximum atomic E-state index is 13.2. The largest absolute Gasteiger partial charge is 0.338 e. The van der Waals surface area contributed by atoms with Gasteiger partial charge in [-0.25, -0.2) is 14.6 Å². The monoisotopic (exact) mass is 474 g/mol. The zero-order valence-electron chi connectivity index (χ0n) is 21.0. The molecule has 3 heterocycles. The van der Waals surface area contributed by atoms with Crippen LogP contribution in [0.25, 0.3) is 16.7 Å². The Morgan fingerprint density at radius 2 is 1.97 bits per heavy atom. The standard InChI is InChI=1S/C26H34N8O/c1-26(2,3)23-21-22(32(4)31-23)24(35)30-25(29-21)33(14-18-9-6-5-7-10-18)15-19-11-8-12-20(13-19)34-17-27-16-28-34/h8,11-13,16-18H,5-7,9-10,14-15H2,1-4H3,(H,29,30,35). The molecule has 5 rings (SSSR count). The van der Waals surface area contributed by atoms with Crippen LogP contribution in [0.2, 0.25) is 0 Å². The van der Waals surface area contributed by atoms with Crippen molar-refractivity contribution in [3.8, 4) is 5.69 Å². The molecule has 0 unspecified atom stereocenters. The Bertz CT molecular complexity index is 1360. The van der Waals surface area contributed by atoms with Crippen molar-refractivity contribution < 1.29 is 0 Å². The average molecular weight is 475 g/mol. The highest BCUT2D eigenvalue weighted by Gasteiger charge is 2.26. The van der Waals surface area contributed by atoms with Crippen LogP contribution < -0.4 is 10.5 Å². The molecule has 0 bridgehead atoms. The number of H-pyrrole nitrogens is 1. The first-order valence-electron chi connectivity index (χ1n) is 12.5. The minimum atomic E-state index is -0.224. The second kappa shape index (κ2) is 9.28. The average Bonchev–Trinajstić information content (AvgIpc) is 3.48. The van der Waals surface area contributed by atoms with Crippen molar-refractivity contribution >= 4 is 17.0 Å². The highest BCUT2D eigenvalue weighted by atomic mass is 16.1. The lowest BCUT2D eigenvalue weighted by Crippen LogP contribution is -2.33. The third-order valence-electron chi connectivity index (χ3n) is 6.86. The molecule has 4 aromatic rings. The van der Waals surface area contributed by atoms with Crippen LogP contribution in [-0.4, -0.2) is 41.1 Å². The molecule has 9 heteroatoms. The summed E-state index contributed by atoms with van der Waals surface area (Å²) in [6.07, 6.45) is 9.49. The van der Waals surface area contributed by atoms with E-state index in [1.54, 1.807) is 15.7 Å². The van der Waals surface area contributed by atoms with E-state index in [1.165, 1.54) is 38.4 Å². The second-order valence-electron chi connectivity index (χ2n) is 10.7. The zero-order valence-corrected chi connectivity index (χ0v) is 21.0. The van der Waals surface area contributed by atoms with Crippen LogP contribution in [-0.2, 0) is 19.0 Å². The molecule has 0 saturated heterocycles. The molecular formula is C26H34N8O. The molecule has 1 saturated carbocycles. The van der Waals surface area contributed by atoms with Crippen LogP contribution >= 0.6 is 0 Å². The molecule has 1 aromatic carbocycles. The lowest BCUT2D eigenvalue weighted by Gasteiger charge is -2.30. The number of anilines is 1. The molecule has 0 aliphatic heterocycles. The zero-order chi connectivity index (χ0) is 24.6. The van der Waals surface area contributed by atoms with Gasteiger partial charge in [-0.1, -0.05) is 52.2 Å². The third kappa shape index (κ3) is 4.85. The summed E-state index contributed by atoms with van der Waals surface area (Å²) < 4.78 is 3.41. The molecule has 0 amide bonds. The van der Waals surface area contributed by atoms with Gasteiger partial charge in [0.25, 0.3) is 5.56 Å². The SMILES string of the molecule is Cn1nc(C(C)(C)C)c2nc(N(Cc3cccc(-n4cncn4)c3)CC3CCCCC3)[nH]c(=O)c21. The highest BCUT2D eigenvalue weighted by molar-refractivity contribution is 5.78. The lowest BCUT2D eigenvalue weighted by atomic mass is 9.89. The first kappa shape index (κ1) is 23.3. The van der Waals surface area contributed by atoms with Crippen LogP contribution in [0, 0.1) is 5.92 Å². The predicted octanol–water partition coefficient (Wildman–Crippen LogP) is 4.12. The van der Waals surface area contributed by atoms with E-state index in [2.05, 4.69) is 58.0 Å². The first-order valence-corrected chi connectivity index (χ1v) is 12.5. The van der Waals surface area contributed by atoms with E-state index < -0.39 is 0 Å². The Hall–Kier alpha value is -3.49. The highest BCUT2D eigenvalue weighted by Crippen LogP contribution is 2.29. The van der Waals surface area contributed by atoms with Crippen LogP contribution in [0.1, 0.15) is 64.1 Å². The van der Waals surface area contributed by atoms with Crippen molar-refractivity contribution in [3.63, 3.8) is 0 Å². The Balaban J connectivity index is 1.55. The Morgan fingerprint density at radius 1 is 1.17 bits per heavy atom. The van der Waals surface area contributed by atoms with Gasteiger partial charge >= 0.3 is 0 Å². The van der Waals surface area contributed by atoms with Crippen LogP contribution in [0.15, 0.2) is 41.7 Å². The van der Waals surface area contributed by atoms with Crippen LogP contribution in [0.5, 0.6) is 0 Å². The van der Waals surface area contributed by atoms with Crippen LogP contribution in [0.4, 0.5) is 5.95 Å². The van der Waals surface area contributed by atoms with Crippen molar-refractivity contribution in [2.45, 2.75) is 64.8 Å². The Morgan fingerprint density at radius 3 is 2.69 bits per heavy atom. The minimum Gasteiger partial charge on any atom is -0.338 e. The molecule has 3 aromatic heterocycles. The number of nitrogens with zero attached hydrogens (tertiary/aromatic N) is 7. The van der Waals surface area contributed by atoms with Gasteiger partial charge in [-0.15, -0.1) is 0 Å². The summed E-state index contributed by atoms with van der Waals surface area (Å²) in [5.74, 6) is 1.19. The Kier molecular flexibility index (Phi) is 6.17. The van der Waals surface area contributed by atoms with Gasteiger partial charge in [-0.3, -0.25) is 14.5 Å². The van der Waals surface area contributed by atoms with Crippen molar-refractivity contribution in [1.29, 1.82) is 0 Å². The summed E-state index contributed by atoms with van der Waals surface area (Å²) in [4.78, 5) is 27.6. The van der Waals surface area contributed by atoms with Crippen molar-refractivity contribution in [2.75, 3.05) is 11.4 Å². The molecule has 1 aliphatic rings. The molecule has 1 aliphatic carbocycles. The quantitative estimate of drug-likeness (QED) is 0.451. The van der Waals surface area contributed by atoms with Crippen LogP contribution in [0.3, 0.4) is 0 Å². The smallest absolute Gasteiger partial charge is 0.278 e. The fraction of sp³-hybridized carbons (Fsp3) is 0.500. The van der Waals surface area contributed by atoms with E-state index in [-0.39, 0.29) is 11.0 Å². The molecule has 35 heavy (non-hydrogen) atoms. The number of hydrogen-bond donors (Lipinski definition) is 1. The molecule has 0 atom stereocenters. The molecule has 1 N–H and O–H groups in total. The number of nitrogens with one attached hydrogen (secondary N) is 1. The molecule has 0 radical (unpaired) electrons. The second-order valence-corrected chi connectivity index (χ2v) is 10.7. The van der Waals surface area contributed by atoms with E-state index in [4.69, 9.17) is 4.98 Å². The molecule has 1 fully saturated rings. The predicted molar refractivity (Wildman–Crippen MR) is 137 cm³/mol. The van der Waals surface area contributed by atoms with Gasteiger partial charge < -0.3 is 4.90 Å². The molecule has 184 valence electrons. The summed E-state index contributed by atoms with van der Waals surface area (Å²) in [6.45, 7) is 7.80. The van der Waals surface area contributed by atoms with Gasteiger partial charge in [0.15, 0.2) is 5.52 Å². The van der Waals surface area contributed by atoms with Gasteiger partial charge in [-0.2, -0.15) is 10.2 Å². The molecule has 0 spiro atoms. The van der Waals surface area contributed by atoms with E-state index in [1.807, 2.05) is 19.2 Å². The summed E-state index contributed by atoms with van der Waals surface area (Å²) in [6, 6.07) is 8.27. The van der Waals surface area contributed by atoms with Gasteiger partial charge in [0, 0.05) is 25.6 Å². The lowest BCUT2D eigenvalue weighted by molar-refractivity contribution is 0.356. The fourth-order valence-corrected chi connectivity index (χ4v) is 5.09. The summed E-state index contributed by atoms with van der Waals surface area (Å²) in [7, 11) is 1.81. The number of aromatic nitrogens is 7. The maximum absolute atomic E-state index is 13.2. The van der Waals surface area contributed by atoms with E-state index in [0.717, 1.165) is 23.5 Å². The van der Waals surface area contributed by atoms with Gasteiger partial charge in [0.2, 0.25) is 5.95 Å². The number of aryl methyl sites for hydroxylation is 1. The number of fused-ring (bicyclic) bond motifs is 1. The van der Waals surface area contributed by atoms with Crippen molar-refractivity contribution in [3.05, 3.63) is 58.5 Å². The Labute approximate surface area is 205 Å². The number of aromatic amines is 1. The van der Waals surface area contributed by atoms with E-state index in [9.17, 15) is 4.79 Å². The molecular weight excluding hydrogens is 440 g/mol. The van der Waals surface area contributed by atoms with Gasteiger partial charge in [0.05, 0.1) is 11.4 Å². The first-order chi connectivity index (χ1) is 16.8. The number of hydrogen-bond acceptors (Lipinski definition) is 6. The van der Waals surface area contributed by atoms with Crippen molar-refractivity contribution in [2.24, 2.45) is 13.0 Å². The van der Waals surface area contributed by atoms with Gasteiger partial charge in [-0.05, 0) is 36.5 Å². The summed E-state index contributed by atoms with van der Waals surface area (Å²) in [5, 5.41) is 8.92. The normalized spacial score (nSPS) is 15.1. The van der Waals surface area contributed by atoms with Gasteiger partial charge in [0.1, 0.15) is 18.2 Å².